The summed E-state index contributed by atoms with van der Waals surface area (Å²) in [6, 6.07) is 0.258. The number of likely N-dealkylation sites (N-methyl/N-ethyl adjacent to an activating group) is 1. The van der Waals surface area contributed by atoms with Crippen LogP contribution in [0.3, 0.4) is 0 Å². The summed E-state index contributed by atoms with van der Waals surface area (Å²) in [4.78, 5) is 4.74. The van der Waals surface area contributed by atoms with Gasteiger partial charge in [-0.15, -0.1) is 0 Å². The van der Waals surface area contributed by atoms with E-state index in [4.69, 9.17) is 10.5 Å². The Labute approximate surface area is 112 Å². The second kappa shape index (κ2) is 8.10. The smallest absolute Gasteiger partial charge is 0.0510 e. The predicted molar refractivity (Wildman–Crippen MR) is 76.7 cm³/mol. The number of hydrogen-bond acceptors (Lipinski definition) is 4. The number of ether oxygens (including phenoxy) is 1. The summed E-state index contributed by atoms with van der Waals surface area (Å²) < 4.78 is 5.43. The Morgan fingerprint density at radius 1 is 1.22 bits per heavy atom. The maximum atomic E-state index is 6.33. The van der Waals surface area contributed by atoms with Gasteiger partial charge in [0.05, 0.1) is 6.61 Å². The molecule has 0 aliphatic carbocycles. The van der Waals surface area contributed by atoms with E-state index in [0.717, 1.165) is 45.8 Å². The van der Waals surface area contributed by atoms with Gasteiger partial charge in [-0.3, -0.25) is 0 Å². The van der Waals surface area contributed by atoms with Gasteiger partial charge in [-0.2, -0.15) is 0 Å². The van der Waals surface area contributed by atoms with Crippen molar-refractivity contribution in [2.45, 2.75) is 26.3 Å². The monoisotopic (exact) mass is 257 g/mol. The molecule has 108 valence electrons. The quantitative estimate of drug-likeness (QED) is 0.700. The molecule has 0 bridgehead atoms. The van der Waals surface area contributed by atoms with E-state index < -0.39 is 0 Å². The molecule has 4 nitrogen and oxygen atoms in total. The van der Waals surface area contributed by atoms with Crippen LogP contribution in [0, 0.1) is 11.8 Å². The molecular weight excluding hydrogens is 226 g/mol. The summed E-state index contributed by atoms with van der Waals surface area (Å²) in [7, 11) is 4.25. The summed E-state index contributed by atoms with van der Waals surface area (Å²) in [6.07, 6.45) is 1.13. The molecule has 1 aliphatic rings. The maximum Gasteiger partial charge on any atom is 0.0510 e. The third-order valence-corrected chi connectivity index (χ3v) is 3.53. The van der Waals surface area contributed by atoms with E-state index in [9.17, 15) is 0 Å². The first-order valence-corrected chi connectivity index (χ1v) is 7.19. The molecule has 2 unspecified atom stereocenters. The first kappa shape index (κ1) is 15.9. The minimum atomic E-state index is 0.258. The van der Waals surface area contributed by atoms with Crippen molar-refractivity contribution < 1.29 is 4.74 Å². The van der Waals surface area contributed by atoms with Gasteiger partial charge in [0.2, 0.25) is 0 Å². The van der Waals surface area contributed by atoms with Gasteiger partial charge >= 0.3 is 0 Å². The Bertz CT molecular complexity index is 215. The van der Waals surface area contributed by atoms with E-state index in [1.54, 1.807) is 0 Å². The first-order valence-electron chi connectivity index (χ1n) is 7.19. The van der Waals surface area contributed by atoms with Gasteiger partial charge in [-0.05, 0) is 26.4 Å². The molecule has 1 saturated heterocycles. The molecular formula is C14H31N3O. The third-order valence-electron chi connectivity index (χ3n) is 3.53. The Hall–Kier alpha value is -0.160. The van der Waals surface area contributed by atoms with Crippen molar-refractivity contribution in [2.24, 2.45) is 17.6 Å². The number of hydrogen-bond donors (Lipinski definition) is 1. The second-order valence-corrected chi connectivity index (χ2v) is 6.24. The highest BCUT2D eigenvalue weighted by Gasteiger charge is 2.24. The van der Waals surface area contributed by atoms with Crippen LogP contribution in [0.5, 0.6) is 0 Å². The summed E-state index contributed by atoms with van der Waals surface area (Å²) in [5.74, 6) is 1.25. The molecule has 2 atom stereocenters. The molecule has 0 aromatic heterocycles. The Kier molecular flexibility index (Phi) is 7.15. The molecule has 1 fully saturated rings. The molecule has 18 heavy (non-hydrogen) atoms. The molecule has 0 aromatic carbocycles. The van der Waals surface area contributed by atoms with Crippen LogP contribution in [0.25, 0.3) is 0 Å². The fourth-order valence-electron chi connectivity index (χ4n) is 2.45. The number of nitrogens with zero attached hydrogens (tertiary/aromatic N) is 2. The van der Waals surface area contributed by atoms with Crippen molar-refractivity contribution in [1.29, 1.82) is 0 Å². The lowest BCUT2D eigenvalue weighted by molar-refractivity contribution is 0.161. The first-order chi connectivity index (χ1) is 8.49. The number of nitrogens with two attached hydrogens (primary N) is 1. The molecule has 0 radical (unpaired) electrons. The van der Waals surface area contributed by atoms with Gasteiger partial charge in [-0.1, -0.05) is 13.8 Å². The minimum Gasteiger partial charge on any atom is -0.381 e. The zero-order chi connectivity index (χ0) is 13.5. The van der Waals surface area contributed by atoms with Crippen LogP contribution in [0.15, 0.2) is 0 Å². The lowest BCUT2D eigenvalue weighted by Gasteiger charge is -2.30. The molecule has 0 amide bonds. The van der Waals surface area contributed by atoms with E-state index in [1.165, 1.54) is 0 Å². The van der Waals surface area contributed by atoms with Crippen LogP contribution in [-0.4, -0.2) is 69.3 Å². The molecule has 0 saturated carbocycles. The largest absolute Gasteiger partial charge is 0.381 e. The van der Waals surface area contributed by atoms with Crippen molar-refractivity contribution >= 4 is 0 Å². The Morgan fingerprint density at radius 3 is 2.44 bits per heavy atom. The third kappa shape index (κ3) is 6.14. The molecule has 1 heterocycles. The molecule has 0 aromatic rings. The lowest BCUT2D eigenvalue weighted by Crippen LogP contribution is -2.45. The highest BCUT2D eigenvalue weighted by atomic mass is 16.5. The molecule has 1 rings (SSSR count). The van der Waals surface area contributed by atoms with Crippen LogP contribution >= 0.6 is 0 Å². The predicted octanol–water partition coefficient (Wildman–Crippen LogP) is 0.870. The zero-order valence-electron chi connectivity index (χ0n) is 12.6. The number of rotatable bonds is 8. The van der Waals surface area contributed by atoms with Crippen LogP contribution in [0.1, 0.15) is 20.3 Å². The van der Waals surface area contributed by atoms with E-state index in [1.807, 2.05) is 0 Å². The summed E-state index contributed by atoms with van der Waals surface area (Å²) in [6.45, 7) is 10.6. The van der Waals surface area contributed by atoms with Crippen molar-refractivity contribution in [1.82, 2.24) is 9.80 Å². The van der Waals surface area contributed by atoms with Crippen LogP contribution in [-0.2, 0) is 4.74 Å². The van der Waals surface area contributed by atoms with E-state index in [-0.39, 0.29) is 6.04 Å². The molecule has 0 spiro atoms. The van der Waals surface area contributed by atoms with Gasteiger partial charge < -0.3 is 20.3 Å². The zero-order valence-corrected chi connectivity index (χ0v) is 12.6. The topological polar surface area (TPSA) is 41.7 Å². The average molecular weight is 257 g/mol. The van der Waals surface area contributed by atoms with E-state index in [2.05, 4.69) is 37.7 Å². The van der Waals surface area contributed by atoms with Crippen LogP contribution in [0.2, 0.25) is 0 Å². The van der Waals surface area contributed by atoms with Crippen molar-refractivity contribution in [3.8, 4) is 0 Å². The van der Waals surface area contributed by atoms with Gasteiger partial charge in [0.25, 0.3) is 0 Å². The lowest BCUT2D eigenvalue weighted by atomic mass is 9.99. The fraction of sp³-hybridized carbons (Fsp3) is 1.00. The SMILES string of the molecule is CC(C)CN(CCN(C)C)CC(N)C1CCOC1. The standard InChI is InChI=1S/C14H31N3O/c1-12(2)9-17(7-6-16(3)4)10-14(15)13-5-8-18-11-13/h12-14H,5-11,15H2,1-4H3. The van der Waals surface area contributed by atoms with Gasteiger partial charge in [0.1, 0.15) is 0 Å². The Morgan fingerprint density at radius 2 is 1.94 bits per heavy atom. The van der Waals surface area contributed by atoms with Gasteiger partial charge in [0.15, 0.2) is 0 Å². The van der Waals surface area contributed by atoms with Crippen molar-refractivity contribution in [2.75, 3.05) is 53.5 Å². The van der Waals surface area contributed by atoms with Gasteiger partial charge in [-0.25, -0.2) is 0 Å². The summed E-state index contributed by atoms with van der Waals surface area (Å²) >= 11 is 0. The summed E-state index contributed by atoms with van der Waals surface area (Å²) in [5, 5.41) is 0. The Balaban J connectivity index is 2.37. The van der Waals surface area contributed by atoms with Crippen molar-refractivity contribution in [3.63, 3.8) is 0 Å². The maximum absolute atomic E-state index is 6.33. The molecule has 4 heteroatoms. The normalized spacial score (nSPS) is 22.3. The van der Waals surface area contributed by atoms with Crippen molar-refractivity contribution in [3.05, 3.63) is 0 Å². The molecule has 2 N–H and O–H groups in total. The fourth-order valence-corrected chi connectivity index (χ4v) is 2.45. The molecule has 1 aliphatic heterocycles. The van der Waals surface area contributed by atoms with Crippen LogP contribution in [0.4, 0.5) is 0 Å². The average Bonchev–Trinajstić information content (AvgIpc) is 2.78. The van der Waals surface area contributed by atoms with E-state index in [0.29, 0.717) is 11.8 Å². The van der Waals surface area contributed by atoms with Crippen LogP contribution < -0.4 is 5.73 Å². The minimum absolute atomic E-state index is 0.258. The van der Waals surface area contributed by atoms with Gasteiger partial charge in [0, 0.05) is 44.7 Å². The van der Waals surface area contributed by atoms with E-state index >= 15 is 0 Å². The second-order valence-electron chi connectivity index (χ2n) is 6.24. The highest BCUT2D eigenvalue weighted by Crippen LogP contribution is 2.16. The highest BCUT2D eigenvalue weighted by molar-refractivity contribution is 4.80. The summed E-state index contributed by atoms with van der Waals surface area (Å²) in [5.41, 5.74) is 6.33.